The first-order valence-corrected chi connectivity index (χ1v) is 17.4. The standard InChI is InChI=1S/C35H50N8O4/c1-20(2)42(17-26-29-30(47-34(3,4)46-29)33(45-26)43-19-40-28-31(37)38-18-39-32(28)43)23-15-21(16-23)9-10-27(44)41-25-12-14-35(5,13-11-24(25)36)22-7-6-8-22/h11-13,18-23,26,29-30,33,36H,6-10,14-17H2,1-5H3,(H,41,44)(H2,37,38,39). The van der Waals surface area contributed by atoms with Crippen molar-refractivity contribution < 1.29 is 19.0 Å². The molecule has 2 aromatic rings. The first kappa shape index (κ1) is 32.4. The molecule has 4 N–H and O–H groups in total. The molecule has 254 valence electrons. The maximum Gasteiger partial charge on any atom is 0.224 e. The summed E-state index contributed by atoms with van der Waals surface area (Å²) in [6, 6.07) is 0.724. The van der Waals surface area contributed by atoms with Crippen molar-refractivity contribution in [3.8, 4) is 0 Å². The Morgan fingerprint density at radius 1 is 1.17 bits per heavy atom. The highest BCUT2D eigenvalue weighted by Crippen LogP contribution is 2.47. The number of anilines is 1. The van der Waals surface area contributed by atoms with Gasteiger partial charge in [-0.15, -0.1) is 0 Å². The van der Waals surface area contributed by atoms with Gasteiger partial charge in [-0.3, -0.25) is 19.7 Å². The molecule has 0 bridgehead atoms. The molecule has 2 aliphatic heterocycles. The van der Waals surface area contributed by atoms with Gasteiger partial charge in [0.1, 0.15) is 30.2 Å². The van der Waals surface area contributed by atoms with Crippen LogP contribution in [0.3, 0.4) is 0 Å². The van der Waals surface area contributed by atoms with Gasteiger partial charge in [-0.2, -0.15) is 0 Å². The first-order valence-electron chi connectivity index (χ1n) is 17.4. The van der Waals surface area contributed by atoms with E-state index in [9.17, 15) is 4.79 Å². The third kappa shape index (κ3) is 6.25. The Hall–Kier alpha value is -3.19. The zero-order valence-electron chi connectivity index (χ0n) is 28.3. The molecule has 0 aromatic carbocycles. The molecule has 0 spiro atoms. The number of amides is 1. The lowest BCUT2D eigenvalue weighted by Crippen LogP contribution is -2.52. The van der Waals surface area contributed by atoms with Crippen molar-refractivity contribution in [1.82, 2.24) is 29.7 Å². The highest BCUT2D eigenvalue weighted by molar-refractivity contribution is 6.08. The average molecular weight is 647 g/mol. The summed E-state index contributed by atoms with van der Waals surface area (Å²) in [7, 11) is 0. The first-order chi connectivity index (χ1) is 22.4. The van der Waals surface area contributed by atoms with Gasteiger partial charge < -0.3 is 25.3 Å². The van der Waals surface area contributed by atoms with Gasteiger partial charge in [-0.1, -0.05) is 25.5 Å². The fraction of sp³-hybridized carbons (Fsp3) is 0.686. The van der Waals surface area contributed by atoms with Crippen molar-refractivity contribution in [3.05, 3.63) is 36.6 Å². The summed E-state index contributed by atoms with van der Waals surface area (Å²) in [6.07, 6.45) is 16.1. The maximum atomic E-state index is 13.0. The predicted molar refractivity (Wildman–Crippen MR) is 178 cm³/mol. The summed E-state index contributed by atoms with van der Waals surface area (Å²) in [6.45, 7) is 11.3. The lowest BCUT2D eigenvalue weighted by molar-refractivity contribution is -0.199. The number of nitrogens with zero attached hydrogens (tertiary/aromatic N) is 5. The van der Waals surface area contributed by atoms with Crippen molar-refractivity contribution >= 4 is 28.6 Å². The summed E-state index contributed by atoms with van der Waals surface area (Å²) in [4.78, 5) is 28.5. The smallest absolute Gasteiger partial charge is 0.224 e. The van der Waals surface area contributed by atoms with Crippen LogP contribution in [0.25, 0.3) is 11.2 Å². The van der Waals surface area contributed by atoms with Crippen molar-refractivity contribution in [1.29, 1.82) is 5.41 Å². The number of fused-ring (bicyclic) bond motifs is 2. The molecule has 1 amide bonds. The number of carbonyl (C=O) groups excluding carboxylic acids is 1. The third-order valence-electron chi connectivity index (χ3n) is 11.3. The molecule has 2 saturated heterocycles. The van der Waals surface area contributed by atoms with E-state index in [2.05, 4.69) is 58.1 Å². The van der Waals surface area contributed by atoms with E-state index < -0.39 is 12.0 Å². The largest absolute Gasteiger partial charge is 0.382 e. The monoisotopic (exact) mass is 646 g/mol. The second kappa shape index (κ2) is 12.4. The topological polar surface area (TPSA) is 154 Å². The van der Waals surface area contributed by atoms with E-state index in [1.807, 2.05) is 24.5 Å². The van der Waals surface area contributed by atoms with Gasteiger partial charge in [0, 0.05) is 25.0 Å². The molecule has 47 heavy (non-hydrogen) atoms. The Morgan fingerprint density at radius 3 is 2.66 bits per heavy atom. The lowest BCUT2D eigenvalue weighted by Gasteiger charge is -2.46. The number of nitrogens with two attached hydrogens (primary N) is 1. The average Bonchev–Trinajstić information content (AvgIpc) is 3.60. The maximum absolute atomic E-state index is 13.0. The van der Waals surface area contributed by atoms with E-state index in [1.54, 1.807) is 6.33 Å². The van der Waals surface area contributed by atoms with Gasteiger partial charge in [-0.25, -0.2) is 15.0 Å². The minimum Gasteiger partial charge on any atom is -0.382 e. The molecule has 0 radical (unpaired) electrons. The number of hydrogen-bond acceptors (Lipinski definition) is 10. The van der Waals surface area contributed by atoms with Crippen molar-refractivity contribution in [2.45, 2.75) is 128 Å². The van der Waals surface area contributed by atoms with Crippen LogP contribution in [0.15, 0.2) is 36.6 Å². The SMILES string of the molecule is CC(C)N(CC1OC(n2cnc3c(N)ncnc32)C2OC(C)(C)OC12)C1CC(CCC(=O)NC2=CCC(C)(C3CCC3)C=CC2=N)C1. The van der Waals surface area contributed by atoms with E-state index in [0.29, 0.717) is 65.3 Å². The molecule has 2 saturated carbocycles. The molecule has 2 aromatic heterocycles. The molecular weight excluding hydrogens is 596 g/mol. The van der Waals surface area contributed by atoms with Gasteiger partial charge in [0.25, 0.3) is 0 Å². The van der Waals surface area contributed by atoms with Gasteiger partial charge in [-0.05, 0) is 89.5 Å². The highest BCUT2D eigenvalue weighted by Gasteiger charge is 2.57. The summed E-state index contributed by atoms with van der Waals surface area (Å²) in [5.41, 5.74) is 8.34. The van der Waals surface area contributed by atoms with E-state index in [-0.39, 0.29) is 29.6 Å². The lowest BCUT2D eigenvalue weighted by atomic mass is 9.65. The number of allylic oxidation sites excluding steroid dienone is 3. The van der Waals surface area contributed by atoms with Crippen LogP contribution in [-0.2, 0) is 19.0 Å². The normalized spacial score (nSPS) is 33.5. The predicted octanol–water partition coefficient (Wildman–Crippen LogP) is 4.88. The number of hydrogen-bond donors (Lipinski definition) is 3. The van der Waals surface area contributed by atoms with E-state index in [0.717, 1.165) is 25.7 Å². The second-order valence-electron chi connectivity index (χ2n) is 15.3. The van der Waals surface area contributed by atoms with Crippen LogP contribution in [0.5, 0.6) is 0 Å². The van der Waals surface area contributed by atoms with Crippen LogP contribution in [-0.4, -0.2) is 78.8 Å². The fourth-order valence-corrected chi connectivity index (χ4v) is 8.18. The van der Waals surface area contributed by atoms with Gasteiger partial charge in [0.2, 0.25) is 5.91 Å². The van der Waals surface area contributed by atoms with Crippen molar-refractivity contribution in [3.63, 3.8) is 0 Å². The Kier molecular flexibility index (Phi) is 8.51. The van der Waals surface area contributed by atoms with E-state index in [1.165, 1.54) is 25.6 Å². The van der Waals surface area contributed by atoms with Crippen LogP contribution < -0.4 is 11.1 Å². The van der Waals surface area contributed by atoms with E-state index >= 15 is 0 Å². The van der Waals surface area contributed by atoms with Crippen LogP contribution in [0, 0.1) is 22.7 Å². The van der Waals surface area contributed by atoms with Crippen LogP contribution in [0.4, 0.5) is 5.82 Å². The van der Waals surface area contributed by atoms with Gasteiger partial charge >= 0.3 is 0 Å². The van der Waals surface area contributed by atoms with Crippen molar-refractivity contribution in [2.24, 2.45) is 17.3 Å². The minimum atomic E-state index is -0.733. The number of aromatic nitrogens is 4. The Labute approximate surface area is 277 Å². The minimum absolute atomic E-state index is 0.00213. The zero-order valence-corrected chi connectivity index (χ0v) is 28.3. The molecule has 5 unspecified atom stereocenters. The number of rotatable bonds is 10. The third-order valence-corrected chi connectivity index (χ3v) is 11.3. The molecule has 7 rings (SSSR count). The van der Waals surface area contributed by atoms with Gasteiger partial charge in [0.05, 0.1) is 17.7 Å². The molecule has 4 fully saturated rings. The number of nitrogen functional groups attached to an aromatic ring is 1. The van der Waals surface area contributed by atoms with Crippen LogP contribution in [0.1, 0.15) is 92.2 Å². The summed E-state index contributed by atoms with van der Waals surface area (Å²) in [5.74, 6) is 0.770. The highest BCUT2D eigenvalue weighted by atomic mass is 16.8. The molecule has 4 heterocycles. The number of ether oxygens (including phenoxy) is 3. The molecule has 5 atom stereocenters. The fourth-order valence-electron chi connectivity index (χ4n) is 8.18. The number of carbonyl (C=O) groups is 1. The summed E-state index contributed by atoms with van der Waals surface area (Å²) >= 11 is 0. The molecule has 12 nitrogen and oxygen atoms in total. The van der Waals surface area contributed by atoms with Crippen LogP contribution >= 0.6 is 0 Å². The molecule has 3 aliphatic carbocycles. The Bertz CT molecular complexity index is 1570. The quantitative estimate of drug-likeness (QED) is 0.328. The van der Waals surface area contributed by atoms with Crippen LogP contribution in [0.2, 0.25) is 0 Å². The summed E-state index contributed by atoms with van der Waals surface area (Å²) < 4.78 is 21.4. The van der Waals surface area contributed by atoms with Crippen molar-refractivity contribution in [2.75, 3.05) is 12.3 Å². The molecular formula is C35H50N8O4. The van der Waals surface area contributed by atoms with E-state index in [4.69, 9.17) is 25.4 Å². The Balaban J connectivity index is 0.943. The molecule has 12 heteroatoms. The number of nitrogens with one attached hydrogen (secondary N) is 2. The zero-order chi connectivity index (χ0) is 33.1. The van der Waals surface area contributed by atoms with Gasteiger partial charge in [0.15, 0.2) is 23.5 Å². The second-order valence-corrected chi connectivity index (χ2v) is 15.3. The molecule has 5 aliphatic rings. The Morgan fingerprint density at radius 2 is 1.94 bits per heavy atom. The number of imidazole rings is 1. The summed E-state index contributed by atoms with van der Waals surface area (Å²) in [5, 5.41) is 11.5.